The van der Waals surface area contributed by atoms with Crippen LogP contribution in [0.15, 0.2) is 0 Å². The molecule has 0 unspecified atom stereocenters. The molecule has 10 heavy (non-hydrogen) atoms. The first kappa shape index (κ1) is 9.47. The lowest BCUT2D eigenvalue weighted by molar-refractivity contribution is -0.125. The maximum absolute atomic E-state index is 11.0. The number of rotatable bonds is 2. The van der Waals surface area contributed by atoms with Crippen molar-refractivity contribution in [3.63, 3.8) is 0 Å². The molecule has 0 aliphatic rings. The van der Waals surface area contributed by atoms with E-state index in [1.807, 2.05) is 27.7 Å². The monoisotopic (exact) mass is 142 g/mol. The third-order valence-electron chi connectivity index (χ3n) is 0.986. The molecule has 0 heterocycles. The van der Waals surface area contributed by atoms with Crippen LogP contribution in [0.3, 0.4) is 0 Å². The summed E-state index contributed by atoms with van der Waals surface area (Å²) in [5, 5.41) is 2.77. The Labute approximate surface area is 63.0 Å². The summed E-state index contributed by atoms with van der Waals surface area (Å²) in [4.78, 5) is 11.0. The predicted molar refractivity (Wildman–Crippen MR) is 42.4 cm³/mol. The molecule has 0 atom stereocenters. The van der Waals surface area contributed by atoms with Crippen molar-refractivity contribution in [3.8, 4) is 0 Å². The Morgan fingerprint density at radius 1 is 1.50 bits per heavy atom. The van der Waals surface area contributed by atoms with E-state index in [-0.39, 0.29) is 17.4 Å². The van der Waals surface area contributed by atoms with Crippen molar-refractivity contribution in [2.24, 2.45) is 5.92 Å². The first-order valence-corrected chi connectivity index (χ1v) is 3.50. The Hall–Kier alpha value is -0.530. The summed E-state index contributed by atoms with van der Waals surface area (Å²) in [6, 6.07) is 0. The number of amides is 1. The summed E-state index contributed by atoms with van der Waals surface area (Å²) >= 11 is 0. The zero-order valence-electron chi connectivity index (χ0n) is 7.19. The molecule has 0 aromatic heterocycles. The molecule has 0 aliphatic heterocycles. The van der Waals surface area contributed by atoms with Gasteiger partial charge in [-0.15, -0.1) is 0 Å². The minimum Gasteiger partial charge on any atom is -0.351 e. The maximum atomic E-state index is 11.0. The van der Waals surface area contributed by atoms with Crippen LogP contribution in [-0.4, -0.2) is 11.4 Å². The van der Waals surface area contributed by atoms with Crippen molar-refractivity contribution >= 4 is 5.91 Å². The van der Waals surface area contributed by atoms with Crippen LogP contribution in [0.5, 0.6) is 0 Å². The summed E-state index contributed by atoms with van der Waals surface area (Å²) in [6.45, 7) is 11.2. The predicted octanol–water partition coefficient (Wildman–Crippen LogP) is 1.37. The third-order valence-corrected chi connectivity index (χ3v) is 0.986. The highest BCUT2D eigenvalue weighted by Crippen LogP contribution is 2.00. The largest absolute Gasteiger partial charge is 0.351 e. The zero-order chi connectivity index (χ0) is 8.36. The van der Waals surface area contributed by atoms with E-state index in [0.29, 0.717) is 0 Å². The van der Waals surface area contributed by atoms with Gasteiger partial charge in [-0.3, -0.25) is 4.79 Å². The SMILES string of the molecule is [CH2]C(C)(C)NC(=O)C(C)C. The topological polar surface area (TPSA) is 29.1 Å². The highest BCUT2D eigenvalue weighted by atomic mass is 16.1. The highest BCUT2D eigenvalue weighted by molar-refractivity contribution is 5.78. The molecule has 0 bridgehead atoms. The van der Waals surface area contributed by atoms with E-state index in [1.165, 1.54) is 0 Å². The highest BCUT2D eigenvalue weighted by Gasteiger charge is 2.15. The zero-order valence-corrected chi connectivity index (χ0v) is 7.19. The Balaban J connectivity index is 3.81. The molecule has 2 nitrogen and oxygen atoms in total. The Bertz CT molecular complexity index is 122. The van der Waals surface area contributed by atoms with Crippen LogP contribution < -0.4 is 5.32 Å². The second kappa shape index (κ2) is 3.04. The summed E-state index contributed by atoms with van der Waals surface area (Å²) in [6.07, 6.45) is 0. The second-order valence-corrected chi connectivity index (χ2v) is 3.53. The Morgan fingerprint density at radius 2 is 1.90 bits per heavy atom. The van der Waals surface area contributed by atoms with Gasteiger partial charge >= 0.3 is 0 Å². The van der Waals surface area contributed by atoms with E-state index in [9.17, 15) is 4.79 Å². The molecule has 0 fully saturated rings. The molecule has 0 rings (SSSR count). The van der Waals surface area contributed by atoms with Crippen LogP contribution in [0.2, 0.25) is 0 Å². The summed E-state index contributed by atoms with van der Waals surface area (Å²) in [7, 11) is 0. The van der Waals surface area contributed by atoms with Gasteiger partial charge in [0.25, 0.3) is 0 Å². The minimum atomic E-state index is -0.346. The third kappa shape index (κ3) is 4.36. The van der Waals surface area contributed by atoms with E-state index in [2.05, 4.69) is 12.2 Å². The van der Waals surface area contributed by atoms with E-state index < -0.39 is 0 Å². The molecule has 2 heteroatoms. The lowest BCUT2D eigenvalue weighted by Gasteiger charge is -2.21. The van der Waals surface area contributed by atoms with E-state index in [0.717, 1.165) is 0 Å². The number of carbonyl (C=O) groups is 1. The fourth-order valence-electron chi connectivity index (χ4n) is 0.478. The molecule has 0 aliphatic carbocycles. The minimum absolute atomic E-state index is 0.0426. The Morgan fingerprint density at radius 3 is 2.00 bits per heavy atom. The van der Waals surface area contributed by atoms with Gasteiger partial charge in [-0.25, -0.2) is 0 Å². The van der Waals surface area contributed by atoms with E-state index in [4.69, 9.17) is 0 Å². The molecule has 0 saturated heterocycles. The van der Waals surface area contributed by atoms with Crippen molar-refractivity contribution < 1.29 is 4.79 Å². The van der Waals surface area contributed by atoms with Gasteiger partial charge in [-0.05, 0) is 20.8 Å². The molecular weight excluding hydrogens is 126 g/mol. The average Bonchev–Trinajstić information content (AvgIpc) is 1.60. The van der Waals surface area contributed by atoms with Gasteiger partial charge in [-0.1, -0.05) is 13.8 Å². The van der Waals surface area contributed by atoms with Gasteiger partial charge in [0.2, 0.25) is 5.91 Å². The molecule has 0 aromatic carbocycles. The van der Waals surface area contributed by atoms with Crippen LogP contribution in [0, 0.1) is 12.8 Å². The smallest absolute Gasteiger partial charge is 0.222 e. The van der Waals surface area contributed by atoms with E-state index >= 15 is 0 Å². The normalized spacial score (nSPS) is 11.8. The van der Waals surface area contributed by atoms with Gasteiger partial charge in [0.1, 0.15) is 0 Å². The van der Waals surface area contributed by atoms with Crippen LogP contribution in [0.4, 0.5) is 0 Å². The van der Waals surface area contributed by atoms with Gasteiger partial charge in [0, 0.05) is 11.5 Å². The standard InChI is InChI=1S/C8H16NO/c1-6(2)7(10)9-8(3,4)5/h6H,3H2,1-2,4-5H3,(H,9,10). The number of carbonyl (C=O) groups excluding carboxylic acids is 1. The molecule has 1 N–H and O–H groups in total. The van der Waals surface area contributed by atoms with Gasteiger partial charge in [-0.2, -0.15) is 0 Å². The lowest BCUT2D eigenvalue weighted by Crippen LogP contribution is -2.42. The molecule has 1 radical (unpaired) electrons. The fraction of sp³-hybridized carbons (Fsp3) is 0.750. The van der Waals surface area contributed by atoms with Crippen LogP contribution in [0.1, 0.15) is 27.7 Å². The number of hydrogen-bond donors (Lipinski definition) is 1. The summed E-state index contributed by atoms with van der Waals surface area (Å²) < 4.78 is 0. The number of hydrogen-bond acceptors (Lipinski definition) is 1. The van der Waals surface area contributed by atoms with Crippen molar-refractivity contribution in [2.45, 2.75) is 33.2 Å². The molecule has 0 spiro atoms. The quantitative estimate of drug-likeness (QED) is 0.620. The second-order valence-electron chi connectivity index (χ2n) is 3.53. The van der Waals surface area contributed by atoms with Crippen molar-refractivity contribution in [1.82, 2.24) is 5.32 Å². The van der Waals surface area contributed by atoms with Crippen LogP contribution >= 0.6 is 0 Å². The first-order valence-electron chi connectivity index (χ1n) is 3.50. The summed E-state index contributed by atoms with van der Waals surface area (Å²) in [5.74, 6) is 0.0982. The molecular formula is C8H16NO. The Kier molecular flexibility index (Phi) is 2.88. The molecule has 59 valence electrons. The van der Waals surface area contributed by atoms with Crippen LogP contribution in [0.25, 0.3) is 0 Å². The fourth-order valence-corrected chi connectivity index (χ4v) is 0.478. The van der Waals surface area contributed by atoms with Crippen molar-refractivity contribution in [2.75, 3.05) is 0 Å². The van der Waals surface area contributed by atoms with Crippen molar-refractivity contribution in [3.05, 3.63) is 6.92 Å². The van der Waals surface area contributed by atoms with Crippen LogP contribution in [-0.2, 0) is 4.79 Å². The maximum Gasteiger partial charge on any atom is 0.222 e. The molecule has 0 saturated carbocycles. The van der Waals surface area contributed by atoms with E-state index in [1.54, 1.807) is 0 Å². The summed E-state index contributed by atoms with van der Waals surface area (Å²) in [5.41, 5.74) is -0.346. The van der Waals surface area contributed by atoms with Gasteiger partial charge < -0.3 is 5.32 Å². The molecule has 0 aromatic rings. The average molecular weight is 142 g/mol. The van der Waals surface area contributed by atoms with Gasteiger partial charge in [0.15, 0.2) is 0 Å². The van der Waals surface area contributed by atoms with Gasteiger partial charge in [0.05, 0.1) is 0 Å². The number of nitrogens with one attached hydrogen (secondary N) is 1. The molecule has 1 amide bonds. The lowest BCUT2D eigenvalue weighted by atomic mass is 10.1. The van der Waals surface area contributed by atoms with Crippen molar-refractivity contribution in [1.29, 1.82) is 0 Å². The first-order chi connectivity index (χ1) is 4.33.